The quantitative estimate of drug-likeness (QED) is 0.467. The molecule has 0 atom stereocenters. The van der Waals surface area contributed by atoms with Crippen molar-refractivity contribution in [1.29, 1.82) is 0 Å². The van der Waals surface area contributed by atoms with E-state index in [1.165, 1.54) is 4.68 Å². The minimum absolute atomic E-state index is 0.104. The topological polar surface area (TPSA) is 121 Å². The molecule has 3 N–H and O–H groups in total. The minimum Gasteiger partial charge on any atom is -0.485 e. The Hall–Kier alpha value is -3.01. The summed E-state index contributed by atoms with van der Waals surface area (Å²) < 4.78 is 12.1. The normalized spacial score (nSPS) is 10.8. The standard InChI is InChI=1S/C17H20N6O3S/c1-10-5-4-6-11(2)16(10)25-8-13-20-21-17(23(13)18)27-9-14(24)19-15-7-12(3)22-26-15/h4-7H,8-9,18H2,1-3H3,(H,19,24). The van der Waals surface area contributed by atoms with Crippen molar-refractivity contribution in [2.75, 3.05) is 16.9 Å². The number of thioether (sulfide) groups is 1. The van der Waals surface area contributed by atoms with Crippen molar-refractivity contribution in [3.63, 3.8) is 0 Å². The maximum Gasteiger partial charge on any atom is 0.237 e. The summed E-state index contributed by atoms with van der Waals surface area (Å²) in [7, 11) is 0. The van der Waals surface area contributed by atoms with E-state index in [1.807, 2.05) is 32.0 Å². The number of carbonyl (C=O) groups is 1. The van der Waals surface area contributed by atoms with Gasteiger partial charge in [-0.3, -0.25) is 10.1 Å². The van der Waals surface area contributed by atoms with Crippen molar-refractivity contribution in [1.82, 2.24) is 20.0 Å². The molecule has 0 bridgehead atoms. The van der Waals surface area contributed by atoms with Crippen molar-refractivity contribution in [3.05, 3.63) is 46.9 Å². The van der Waals surface area contributed by atoms with E-state index in [4.69, 9.17) is 15.1 Å². The van der Waals surface area contributed by atoms with Crippen LogP contribution in [0, 0.1) is 20.8 Å². The van der Waals surface area contributed by atoms with E-state index >= 15 is 0 Å². The molecule has 10 heteroatoms. The van der Waals surface area contributed by atoms with Crippen LogP contribution in [0.15, 0.2) is 33.9 Å². The Kier molecular flexibility index (Phi) is 5.65. The maximum absolute atomic E-state index is 12.0. The monoisotopic (exact) mass is 388 g/mol. The van der Waals surface area contributed by atoms with Crippen LogP contribution in [0.1, 0.15) is 22.6 Å². The molecule has 0 aliphatic heterocycles. The van der Waals surface area contributed by atoms with Gasteiger partial charge >= 0.3 is 0 Å². The SMILES string of the molecule is Cc1cc(NC(=O)CSc2nnc(COc3c(C)cccc3C)n2N)on1. The summed E-state index contributed by atoms with van der Waals surface area (Å²) in [5, 5.41) is 14.8. The number of nitrogens with two attached hydrogens (primary N) is 1. The van der Waals surface area contributed by atoms with Gasteiger partial charge in [-0.15, -0.1) is 10.2 Å². The first-order valence-corrected chi connectivity index (χ1v) is 9.17. The average molecular weight is 388 g/mol. The summed E-state index contributed by atoms with van der Waals surface area (Å²) in [5.41, 5.74) is 2.76. The predicted molar refractivity (Wildman–Crippen MR) is 101 cm³/mol. The van der Waals surface area contributed by atoms with Gasteiger partial charge in [-0.05, 0) is 31.9 Å². The van der Waals surface area contributed by atoms with Gasteiger partial charge < -0.3 is 15.1 Å². The van der Waals surface area contributed by atoms with Gasteiger partial charge in [0.25, 0.3) is 0 Å². The number of nitrogen functional groups attached to an aromatic ring is 1. The third-order valence-electron chi connectivity index (χ3n) is 3.71. The first kappa shape index (κ1) is 18.8. The fourth-order valence-corrected chi connectivity index (χ4v) is 3.07. The molecule has 2 aromatic heterocycles. The Labute approximate surface area is 160 Å². The number of anilines is 1. The van der Waals surface area contributed by atoms with E-state index in [-0.39, 0.29) is 18.3 Å². The third-order valence-corrected chi connectivity index (χ3v) is 4.66. The number of aromatic nitrogens is 4. The van der Waals surface area contributed by atoms with Gasteiger partial charge in [0.2, 0.25) is 16.9 Å². The summed E-state index contributed by atoms with van der Waals surface area (Å²) in [6.07, 6.45) is 0. The highest BCUT2D eigenvalue weighted by molar-refractivity contribution is 7.99. The van der Waals surface area contributed by atoms with Gasteiger partial charge in [-0.1, -0.05) is 35.1 Å². The zero-order chi connectivity index (χ0) is 19.4. The van der Waals surface area contributed by atoms with E-state index in [0.29, 0.717) is 22.6 Å². The van der Waals surface area contributed by atoms with Crippen LogP contribution < -0.4 is 15.9 Å². The lowest BCUT2D eigenvalue weighted by Crippen LogP contribution is -2.18. The number of hydrogen-bond donors (Lipinski definition) is 2. The molecule has 142 valence electrons. The van der Waals surface area contributed by atoms with Crippen molar-refractivity contribution in [2.24, 2.45) is 0 Å². The summed E-state index contributed by atoms with van der Waals surface area (Å²) in [5.74, 6) is 7.43. The van der Waals surface area contributed by atoms with Gasteiger partial charge in [0.15, 0.2) is 5.82 Å². The van der Waals surface area contributed by atoms with Crippen LogP contribution in [0.3, 0.4) is 0 Å². The fourth-order valence-electron chi connectivity index (χ4n) is 2.39. The van der Waals surface area contributed by atoms with Crippen LogP contribution in [0.25, 0.3) is 0 Å². The second-order valence-corrected chi connectivity index (χ2v) is 6.89. The van der Waals surface area contributed by atoms with Crippen molar-refractivity contribution >= 4 is 23.6 Å². The number of para-hydroxylation sites is 1. The highest BCUT2D eigenvalue weighted by atomic mass is 32.2. The van der Waals surface area contributed by atoms with Gasteiger partial charge in [0, 0.05) is 6.07 Å². The lowest BCUT2D eigenvalue weighted by molar-refractivity contribution is -0.113. The van der Waals surface area contributed by atoms with Gasteiger partial charge in [0.05, 0.1) is 11.4 Å². The van der Waals surface area contributed by atoms with Crippen molar-refractivity contribution < 1.29 is 14.1 Å². The van der Waals surface area contributed by atoms with Crippen LogP contribution in [-0.4, -0.2) is 31.7 Å². The smallest absolute Gasteiger partial charge is 0.237 e. The van der Waals surface area contributed by atoms with E-state index in [0.717, 1.165) is 28.6 Å². The molecule has 9 nitrogen and oxygen atoms in total. The predicted octanol–water partition coefficient (Wildman–Crippen LogP) is 2.21. The van der Waals surface area contributed by atoms with Crippen LogP contribution in [0.2, 0.25) is 0 Å². The number of aryl methyl sites for hydroxylation is 3. The zero-order valence-corrected chi connectivity index (χ0v) is 16.0. The molecule has 27 heavy (non-hydrogen) atoms. The molecule has 0 aliphatic carbocycles. The summed E-state index contributed by atoms with van der Waals surface area (Å²) in [6.45, 7) is 5.91. The van der Waals surface area contributed by atoms with Gasteiger partial charge in [-0.25, -0.2) is 4.68 Å². The molecule has 2 heterocycles. The molecule has 0 aliphatic rings. The van der Waals surface area contributed by atoms with Crippen LogP contribution in [-0.2, 0) is 11.4 Å². The zero-order valence-electron chi connectivity index (χ0n) is 15.2. The summed E-state index contributed by atoms with van der Waals surface area (Å²) >= 11 is 1.16. The highest BCUT2D eigenvalue weighted by Crippen LogP contribution is 2.23. The number of nitrogens with one attached hydrogen (secondary N) is 1. The Morgan fingerprint density at radius 3 is 2.70 bits per heavy atom. The highest BCUT2D eigenvalue weighted by Gasteiger charge is 2.14. The molecule has 0 fully saturated rings. The Balaban J connectivity index is 1.56. The summed E-state index contributed by atoms with van der Waals surface area (Å²) in [4.78, 5) is 12.0. The second-order valence-electron chi connectivity index (χ2n) is 5.95. The van der Waals surface area contributed by atoms with Crippen LogP contribution in [0.5, 0.6) is 5.75 Å². The van der Waals surface area contributed by atoms with Crippen molar-refractivity contribution in [2.45, 2.75) is 32.5 Å². The maximum atomic E-state index is 12.0. The second kappa shape index (κ2) is 8.12. The minimum atomic E-state index is -0.257. The number of benzene rings is 1. The Bertz CT molecular complexity index is 932. The van der Waals surface area contributed by atoms with Gasteiger partial charge in [0.1, 0.15) is 12.4 Å². The number of hydrogen-bond acceptors (Lipinski definition) is 8. The molecule has 0 saturated heterocycles. The van der Waals surface area contributed by atoms with E-state index in [9.17, 15) is 4.79 Å². The Morgan fingerprint density at radius 2 is 2.04 bits per heavy atom. The van der Waals surface area contributed by atoms with Crippen molar-refractivity contribution in [3.8, 4) is 5.75 Å². The van der Waals surface area contributed by atoms with Crippen LogP contribution in [0.4, 0.5) is 5.88 Å². The lowest BCUT2D eigenvalue weighted by Gasteiger charge is -2.11. The Morgan fingerprint density at radius 1 is 1.30 bits per heavy atom. The first-order valence-electron chi connectivity index (χ1n) is 8.18. The molecular formula is C17H20N6O3S. The molecule has 1 aromatic carbocycles. The number of ether oxygens (including phenoxy) is 1. The van der Waals surface area contributed by atoms with Gasteiger partial charge in [-0.2, -0.15) is 0 Å². The molecule has 3 rings (SSSR count). The molecule has 1 amide bonds. The van der Waals surface area contributed by atoms with E-state index in [1.54, 1.807) is 13.0 Å². The molecular weight excluding hydrogens is 368 g/mol. The molecule has 0 unspecified atom stereocenters. The lowest BCUT2D eigenvalue weighted by atomic mass is 10.1. The molecule has 0 radical (unpaired) electrons. The largest absolute Gasteiger partial charge is 0.485 e. The number of nitrogens with zero attached hydrogens (tertiary/aromatic N) is 4. The number of rotatable bonds is 7. The third kappa shape index (κ3) is 4.59. The van der Waals surface area contributed by atoms with E-state index < -0.39 is 0 Å². The fraction of sp³-hybridized carbons (Fsp3) is 0.294. The molecule has 0 saturated carbocycles. The van der Waals surface area contributed by atoms with E-state index in [2.05, 4.69) is 20.7 Å². The van der Waals surface area contributed by atoms with Crippen LogP contribution >= 0.6 is 11.8 Å². The number of carbonyl (C=O) groups excluding carboxylic acids is 1. The molecule has 3 aromatic rings. The first-order chi connectivity index (χ1) is 12.9. The number of amides is 1. The average Bonchev–Trinajstić information content (AvgIpc) is 3.18. The summed E-state index contributed by atoms with van der Waals surface area (Å²) in [6, 6.07) is 7.57. The molecule has 0 spiro atoms.